The molecule has 0 radical (unpaired) electrons. The fourth-order valence-corrected chi connectivity index (χ4v) is 4.93. The summed E-state index contributed by atoms with van der Waals surface area (Å²) >= 11 is 0. The molecule has 2 fully saturated rings. The maximum atomic E-state index is 13.0. The van der Waals surface area contributed by atoms with Crippen LogP contribution in [0.3, 0.4) is 0 Å². The van der Waals surface area contributed by atoms with Crippen molar-refractivity contribution in [3.8, 4) is 11.4 Å². The number of amides is 1. The predicted molar refractivity (Wildman–Crippen MR) is 131 cm³/mol. The maximum absolute atomic E-state index is 13.0. The van der Waals surface area contributed by atoms with Crippen molar-refractivity contribution in [3.63, 3.8) is 0 Å². The highest BCUT2D eigenvalue weighted by molar-refractivity contribution is 5.87. The summed E-state index contributed by atoms with van der Waals surface area (Å²) in [5, 5.41) is 3.51. The van der Waals surface area contributed by atoms with Gasteiger partial charge in [-0.2, -0.15) is 0 Å². The third-order valence-electron chi connectivity index (χ3n) is 6.91. The number of likely N-dealkylation sites (tertiary alicyclic amines) is 1. The van der Waals surface area contributed by atoms with Gasteiger partial charge in [0.05, 0.1) is 17.6 Å². The predicted octanol–water partition coefficient (Wildman–Crippen LogP) is 1.53. The number of anilines is 1. The summed E-state index contributed by atoms with van der Waals surface area (Å²) in [6.07, 6.45) is 8.52. The van der Waals surface area contributed by atoms with Crippen molar-refractivity contribution in [2.45, 2.75) is 57.8 Å². The maximum Gasteiger partial charge on any atom is 0.226 e. The molecule has 4 heterocycles. The van der Waals surface area contributed by atoms with Crippen LogP contribution in [0.4, 0.5) is 5.82 Å². The van der Waals surface area contributed by atoms with Gasteiger partial charge in [0.25, 0.3) is 0 Å². The second-order valence-corrected chi connectivity index (χ2v) is 9.59. The molecule has 5 rings (SSSR count). The molecule has 11 nitrogen and oxygen atoms in total. The molecule has 3 aromatic rings. The Morgan fingerprint density at radius 2 is 1.97 bits per heavy atom. The first kappa shape index (κ1) is 23.3. The number of fused-ring (bicyclic) bond motifs is 1. The molecule has 11 heteroatoms. The van der Waals surface area contributed by atoms with E-state index in [4.69, 9.17) is 4.98 Å². The van der Waals surface area contributed by atoms with E-state index in [1.54, 1.807) is 12.4 Å². The number of imidazole rings is 1. The Labute approximate surface area is 204 Å². The van der Waals surface area contributed by atoms with Gasteiger partial charge in [0.15, 0.2) is 17.0 Å². The zero-order valence-corrected chi connectivity index (χ0v) is 20.5. The quantitative estimate of drug-likeness (QED) is 0.481. The molecular formula is C24H31N9O2. The molecule has 3 atom stereocenters. The first-order valence-electron chi connectivity index (χ1n) is 12.1. The van der Waals surface area contributed by atoms with E-state index in [1.807, 2.05) is 42.3 Å². The number of aldehydes is 1. The highest BCUT2D eigenvalue weighted by Gasteiger charge is 2.45. The summed E-state index contributed by atoms with van der Waals surface area (Å²) in [5.74, 6) is 2.29. The molecule has 0 aromatic carbocycles. The number of rotatable bonds is 8. The Balaban J connectivity index is 1.46. The minimum Gasteiger partial charge on any atom is -0.364 e. The van der Waals surface area contributed by atoms with Gasteiger partial charge in [-0.1, -0.05) is 0 Å². The summed E-state index contributed by atoms with van der Waals surface area (Å²) in [4.78, 5) is 51.2. The lowest BCUT2D eigenvalue weighted by Crippen LogP contribution is -2.49. The number of carbonyl (C=O) groups excluding carboxylic acids is 2. The normalized spacial score (nSPS) is 21.0. The van der Waals surface area contributed by atoms with Crippen LogP contribution in [0.25, 0.3) is 22.6 Å². The fraction of sp³-hybridized carbons (Fsp3) is 0.542. The molecule has 1 saturated heterocycles. The average Bonchev–Trinajstić information content (AvgIpc) is 3.51. The standard InChI is InChI=1S/C24H31N9O2/c1-5-32-22(16-9-25-14(2)26-10-16)30-20-21(27-13-28-23(20)32)29-17-8-18(19(12-34)31(3)4)33(11-17)24(35)15-6-7-15/h9-10,12-13,15,17-19H,5-8,11H2,1-4H3,(H,27,28,29)/t17-,18?,19-/m0/s1. The van der Waals surface area contributed by atoms with E-state index in [2.05, 4.69) is 25.3 Å². The number of aryl methyl sites for hydroxylation is 2. The molecule has 1 saturated carbocycles. The number of aromatic nitrogens is 6. The highest BCUT2D eigenvalue weighted by atomic mass is 16.2. The van der Waals surface area contributed by atoms with Gasteiger partial charge in [0, 0.05) is 37.4 Å². The van der Waals surface area contributed by atoms with E-state index in [9.17, 15) is 9.59 Å². The Hall–Kier alpha value is -3.47. The van der Waals surface area contributed by atoms with Gasteiger partial charge in [0.2, 0.25) is 5.91 Å². The van der Waals surface area contributed by atoms with Gasteiger partial charge in [0.1, 0.15) is 24.3 Å². The SMILES string of the molecule is CCn1c(-c2cnc(C)nc2)nc2c(N[C@H]3CC([C@H](C=O)N(C)C)N(C(=O)C4CC4)C3)ncnc21. The van der Waals surface area contributed by atoms with E-state index in [0.29, 0.717) is 36.7 Å². The molecule has 3 aromatic heterocycles. The van der Waals surface area contributed by atoms with Crippen LogP contribution >= 0.6 is 0 Å². The Bertz CT molecular complexity index is 1240. The number of likely N-dealkylation sites (N-methyl/N-ethyl adjacent to an activating group) is 1. The smallest absolute Gasteiger partial charge is 0.226 e. The van der Waals surface area contributed by atoms with Gasteiger partial charge >= 0.3 is 0 Å². The molecule has 1 aliphatic heterocycles. The van der Waals surface area contributed by atoms with E-state index >= 15 is 0 Å². The minimum absolute atomic E-state index is 0.0545. The second kappa shape index (κ2) is 9.29. The zero-order chi connectivity index (χ0) is 24.7. The van der Waals surface area contributed by atoms with Crippen LogP contribution in [-0.2, 0) is 16.1 Å². The monoisotopic (exact) mass is 477 g/mol. The lowest BCUT2D eigenvalue weighted by atomic mass is 10.0. The summed E-state index contributed by atoms with van der Waals surface area (Å²) in [5.41, 5.74) is 2.19. The molecule has 1 aliphatic carbocycles. The molecule has 0 spiro atoms. The Morgan fingerprint density at radius 1 is 1.23 bits per heavy atom. The first-order chi connectivity index (χ1) is 16.9. The van der Waals surface area contributed by atoms with Crippen LogP contribution in [0.2, 0.25) is 0 Å². The van der Waals surface area contributed by atoms with Crippen LogP contribution in [0.5, 0.6) is 0 Å². The van der Waals surface area contributed by atoms with Crippen molar-refractivity contribution < 1.29 is 9.59 Å². The van der Waals surface area contributed by atoms with E-state index < -0.39 is 0 Å². The number of hydrogen-bond acceptors (Lipinski definition) is 9. The van der Waals surface area contributed by atoms with E-state index in [1.165, 1.54) is 6.33 Å². The summed E-state index contributed by atoms with van der Waals surface area (Å²) in [6.45, 7) is 5.09. The second-order valence-electron chi connectivity index (χ2n) is 9.59. The third-order valence-corrected chi connectivity index (χ3v) is 6.91. The largest absolute Gasteiger partial charge is 0.364 e. The van der Waals surface area contributed by atoms with Crippen molar-refractivity contribution in [1.29, 1.82) is 0 Å². The van der Waals surface area contributed by atoms with E-state index in [0.717, 1.165) is 36.2 Å². The van der Waals surface area contributed by atoms with Gasteiger partial charge in [-0.05, 0) is 47.2 Å². The van der Waals surface area contributed by atoms with Gasteiger partial charge in [-0.15, -0.1) is 0 Å². The molecular weight excluding hydrogens is 446 g/mol. The van der Waals surface area contributed by atoms with Crippen molar-refractivity contribution in [1.82, 2.24) is 39.3 Å². The lowest BCUT2D eigenvalue weighted by molar-refractivity contribution is -0.135. The number of carbonyl (C=O) groups is 2. The lowest BCUT2D eigenvalue weighted by Gasteiger charge is -2.32. The average molecular weight is 478 g/mol. The van der Waals surface area contributed by atoms with Crippen LogP contribution < -0.4 is 5.32 Å². The Kier molecular flexibility index (Phi) is 6.18. The van der Waals surface area contributed by atoms with Crippen LogP contribution in [-0.4, -0.2) is 90.2 Å². The summed E-state index contributed by atoms with van der Waals surface area (Å²) in [7, 11) is 3.75. The van der Waals surface area contributed by atoms with Gasteiger partial charge in [-0.3, -0.25) is 9.69 Å². The van der Waals surface area contributed by atoms with Crippen LogP contribution in [0, 0.1) is 12.8 Å². The molecule has 0 bridgehead atoms. The van der Waals surface area contributed by atoms with Gasteiger partial charge in [-0.25, -0.2) is 24.9 Å². The number of nitrogens with one attached hydrogen (secondary N) is 1. The van der Waals surface area contributed by atoms with Gasteiger partial charge < -0.3 is 19.6 Å². The van der Waals surface area contributed by atoms with Crippen molar-refractivity contribution in [2.24, 2.45) is 5.92 Å². The zero-order valence-electron chi connectivity index (χ0n) is 20.5. The summed E-state index contributed by atoms with van der Waals surface area (Å²) in [6, 6.07) is -0.595. The molecule has 35 heavy (non-hydrogen) atoms. The van der Waals surface area contributed by atoms with Crippen molar-refractivity contribution >= 4 is 29.2 Å². The number of hydrogen-bond donors (Lipinski definition) is 1. The summed E-state index contributed by atoms with van der Waals surface area (Å²) < 4.78 is 2.02. The molecule has 1 unspecified atom stereocenters. The molecule has 184 valence electrons. The third kappa shape index (κ3) is 4.36. The first-order valence-corrected chi connectivity index (χ1v) is 12.1. The molecule has 2 aliphatic rings. The van der Waals surface area contributed by atoms with Crippen molar-refractivity contribution in [2.75, 3.05) is 26.0 Å². The van der Waals surface area contributed by atoms with E-state index in [-0.39, 0.29) is 30.0 Å². The molecule has 1 amide bonds. The van der Waals surface area contributed by atoms with Crippen molar-refractivity contribution in [3.05, 3.63) is 24.5 Å². The number of nitrogens with zero attached hydrogens (tertiary/aromatic N) is 8. The Morgan fingerprint density at radius 3 is 2.60 bits per heavy atom. The topological polar surface area (TPSA) is 122 Å². The van der Waals surface area contributed by atoms with Crippen LogP contribution in [0.15, 0.2) is 18.7 Å². The molecule has 1 N–H and O–H groups in total. The fourth-order valence-electron chi connectivity index (χ4n) is 4.93. The minimum atomic E-state index is -0.359. The highest BCUT2D eigenvalue weighted by Crippen LogP contribution is 2.35. The van der Waals surface area contributed by atoms with Crippen LogP contribution in [0.1, 0.15) is 32.0 Å².